The van der Waals surface area contributed by atoms with Crippen LogP contribution in [-0.2, 0) is 4.74 Å². The normalized spacial score (nSPS) is 20.2. The van der Waals surface area contributed by atoms with Crippen molar-refractivity contribution >= 4 is 11.2 Å². The molecular weight excluding hydrogens is 469 g/mol. The van der Waals surface area contributed by atoms with E-state index in [9.17, 15) is 0 Å². The first-order valence-electron chi connectivity index (χ1n) is 13.2. The number of aryl methyl sites for hydroxylation is 1. The number of nitrogens with one attached hydrogen (secondary N) is 1. The Kier molecular flexibility index (Phi) is 6.52. The third kappa shape index (κ3) is 4.56. The van der Waals surface area contributed by atoms with Crippen LogP contribution in [0.25, 0.3) is 33.5 Å². The molecule has 0 radical (unpaired) electrons. The van der Waals surface area contributed by atoms with Gasteiger partial charge in [0.2, 0.25) is 0 Å². The van der Waals surface area contributed by atoms with E-state index < -0.39 is 0 Å². The Balaban J connectivity index is 1.30. The summed E-state index contributed by atoms with van der Waals surface area (Å²) in [5.74, 6) is -0.232. The van der Waals surface area contributed by atoms with E-state index in [1.165, 1.54) is 0 Å². The smallest absolute Gasteiger partial charge is 0.156 e. The van der Waals surface area contributed by atoms with Gasteiger partial charge in [-0.05, 0) is 51.1 Å². The quantitative estimate of drug-likeness (QED) is 0.429. The van der Waals surface area contributed by atoms with Crippen LogP contribution >= 0.6 is 0 Å². The Bertz CT molecular complexity index is 1380. The van der Waals surface area contributed by atoms with Gasteiger partial charge < -0.3 is 14.6 Å². The Morgan fingerprint density at radius 1 is 1.14 bits per heavy atom. The van der Waals surface area contributed by atoms with Gasteiger partial charge in [-0.1, -0.05) is 6.92 Å². The molecule has 3 aromatic heterocycles. The fourth-order valence-corrected chi connectivity index (χ4v) is 5.74. The predicted octanol–water partition coefficient (Wildman–Crippen LogP) is 4.60. The molecule has 2 saturated heterocycles. The minimum absolute atomic E-state index is 0.0848. The van der Waals surface area contributed by atoms with Gasteiger partial charge in [0.25, 0.3) is 0 Å². The summed E-state index contributed by atoms with van der Waals surface area (Å²) in [5.41, 5.74) is 6.39. The number of hydrogen-bond acceptors (Lipinski definition) is 6. The van der Waals surface area contributed by atoms with E-state index in [-0.39, 0.29) is 11.9 Å². The zero-order valence-corrected chi connectivity index (χ0v) is 21.7. The molecule has 2 aliphatic rings. The molecule has 9 heteroatoms. The second-order valence-corrected chi connectivity index (χ2v) is 10.3. The van der Waals surface area contributed by atoms with Crippen molar-refractivity contribution in [2.24, 2.45) is 0 Å². The SMILES string of the molecule is CCN1CCC(n2cc(-c3c[nH]c4ncc(-c5cc(C)c(C6COCCN6C)c(F)c5)nc34)cn2)CC1. The zero-order valence-electron chi connectivity index (χ0n) is 21.7. The fourth-order valence-electron chi connectivity index (χ4n) is 5.74. The van der Waals surface area contributed by atoms with Crippen LogP contribution in [-0.4, -0.2) is 81.0 Å². The summed E-state index contributed by atoms with van der Waals surface area (Å²) < 4.78 is 23.2. The number of likely N-dealkylation sites (N-methyl/N-ethyl adjacent to an activating group) is 1. The van der Waals surface area contributed by atoms with Crippen molar-refractivity contribution in [2.75, 3.05) is 46.4 Å². The van der Waals surface area contributed by atoms with Crippen LogP contribution in [0.5, 0.6) is 0 Å². The average Bonchev–Trinajstić information content (AvgIpc) is 3.56. The first-order chi connectivity index (χ1) is 18.0. The summed E-state index contributed by atoms with van der Waals surface area (Å²) in [4.78, 5) is 17.4. The summed E-state index contributed by atoms with van der Waals surface area (Å²) in [5, 5.41) is 4.69. The molecule has 4 aromatic rings. The van der Waals surface area contributed by atoms with E-state index in [2.05, 4.69) is 42.7 Å². The van der Waals surface area contributed by atoms with Crippen LogP contribution in [0.3, 0.4) is 0 Å². The topological polar surface area (TPSA) is 75.1 Å². The van der Waals surface area contributed by atoms with Gasteiger partial charge in [-0.2, -0.15) is 5.10 Å². The van der Waals surface area contributed by atoms with Crippen LogP contribution in [0.2, 0.25) is 0 Å². The Labute approximate surface area is 216 Å². The maximum atomic E-state index is 15.4. The van der Waals surface area contributed by atoms with Crippen molar-refractivity contribution in [3.05, 3.63) is 53.9 Å². The Morgan fingerprint density at radius 3 is 2.73 bits per heavy atom. The lowest BCUT2D eigenvalue weighted by Gasteiger charge is -2.33. The lowest BCUT2D eigenvalue weighted by Crippen LogP contribution is -2.37. The number of rotatable bonds is 5. The molecule has 194 valence electrons. The van der Waals surface area contributed by atoms with Gasteiger partial charge in [-0.15, -0.1) is 0 Å². The number of ether oxygens (including phenoxy) is 1. The molecule has 1 N–H and O–H groups in total. The molecule has 8 nitrogen and oxygen atoms in total. The van der Waals surface area contributed by atoms with Crippen LogP contribution in [0.4, 0.5) is 4.39 Å². The fraction of sp³-hybridized carbons (Fsp3) is 0.464. The maximum Gasteiger partial charge on any atom is 0.156 e. The second kappa shape index (κ2) is 9.96. The summed E-state index contributed by atoms with van der Waals surface area (Å²) >= 11 is 0. The van der Waals surface area contributed by atoms with Crippen molar-refractivity contribution < 1.29 is 9.13 Å². The van der Waals surface area contributed by atoms with E-state index in [1.54, 1.807) is 12.3 Å². The summed E-state index contributed by atoms with van der Waals surface area (Å²) in [6.07, 6.45) is 9.88. The monoisotopic (exact) mass is 503 g/mol. The number of piperidine rings is 1. The Morgan fingerprint density at radius 2 is 1.97 bits per heavy atom. The largest absolute Gasteiger partial charge is 0.378 e. The number of fused-ring (bicyclic) bond motifs is 1. The summed E-state index contributed by atoms with van der Waals surface area (Å²) in [6.45, 7) is 9.46. The Hall–Kier alpha value is -3.14. The molecule has 2 aliphatic heterocycles. The standard InChI is InChI=1S/C28H34FN7O/c1-4-35-7-5-21(6-8-35)36-16-20(13-32-36)22-14-30-28-27(22)33-24(15-31-28)19-11-18(2)26(23(29)12-19)25-17-37-10-9-34(25)3/h11-16,21,25H,4-10,17H2,1-3H3,(H,30,31). The summed E-state index contributed by atoms with van der Waals surface area (Å²) in [7, 11) is 2.02. The van der Waals surface area contributed by atoms with Gasteiger partial charge in [0.15, 0.2) is 5.65 Å². The minimum Gasteiger partial charge on any atom is -0.378 e. The number of likely N-dealkylation sites (tertiary alicyclic amines) is 1. The number of aromatic amines is 1. The maximum absolute atomic E-state index is 15.4. The van der Waals surface area contributed by atoms with Crippen molar-refractivity contribution in [3.63, 3.8) is 0 Å². The van der Waals surface area contributed by atoms with Gasteiger partial charge in [0, 0.05) is 54.3 Å². The number of H-pyrrole nitrogens is 1. The molecule has 0 spiro atoms. The molecular formula is C28H34FN7O. The highest BCUT2D eigenvalue weighted by atomic mass is 19.1. The van der Waals surface area contributed by atoms with Gasteiger partial charge in [-0.25, -0.2) is 14.4 Å². The predicted molar refractivity (Wildman–Crippen MR) is 142 cm³/mol. The lowest BCUT2D eigenvalue weighted by molar-refractivity contribution is 0.00357. The number of hydrogen-bond donors (Lipinski definition) is 1. The molecule has 1 unspecified atom stereocenters. The van der Waals surface area contributed by atoms with Crippen molar-refractivity contribution in [1.82, 2.24) is 34.5 Å². The van der Waals surface area contributed by atoms with Gasteiger partial charge >= 0.3 is 0 Å². The van der Waals surface area contributed by atoms with E-state index in [0.717, 1.165) is 66.8 Å². The zero-order chi connectivity index (χ0) is 25.5. The van der Waals surface area contributed by atoms with Crippen molar-refractivity contribution in [3.8, 4) is 22.4 Å². The van der Waals surface area contributed by atoms with Gasteiger partial charge in [0.1, 0.15) is 11.3 Å². The number of aromatic nitrogens is 5. The number of morpholine rings is 1. The molecule has 1 atom stereocenters. The molecule has 0 amide bonds. The van der Waals surface area contributed by atoms with Crippen molar-refractivity contribution in [2.45, 2.75) is 38.8 Å². The highest BCUT2D eigenvalue weighted by Gasteiger charge is 2.27. The first kappa shape index (κ1) is 24.2. The van der Waals surface area contributed by atoms with Crippen LogP contribution < -0.4 is 0 Å². The summed E-state index contributed by atoms with van der Waals surface area (Å²) in [6, 6.07) is 3.91. The van der Waals surface area contributed by atoms with E-state index in [0.29, 0.717) is 36.2 Å². The van der Waals surface area contributed by atoms with E-state index in [4.69, 9.17) is 9.72 Å². The van der Waals surface area contributed by atoms with Gasteiger partial charge in [-0.3, -0.25) is 9.58 Å². The third-order valence-corrected chi connectivity index (χ3v) is 8.03. The average molecular weight is 504 g/mol. The molecule has 1 aromatic carbocycles. The van der Waals surface area contributed by atoms with Crippen LogP contribution in [0.1, 0.15) is 43.0 Å². The highest BCUT2D eigenvalue weighted by molar-refractivity contribution is 5.91. The third-order valence-electron chi connectivity index (χ3n) is 8.03. The molecule has 37 heavy (non-hydrogen) atoms. The number of halogens is 1. The first-order valence-corrected chi connectivity index (χ1v) is 13.2. The van der Waals surface area contributed by atoms with E-state index in [1.807, 2.05) is 32.4 Å². The molecule has 5 heterocycles. The van der Waals surface area contributed by atoms with Crippen LogP contribution in [0.15, 0.2) is 36.9 Å². The molecule has 0 bridgehead atoms. The molecule has 2 fully saturated rings. The second-order valence-electron chi connectivity index (χ2n) is 10.3. The highest BCUT2D eigenvalue weighted by Crippen LogP contribution is 2.33. The van der Waals surface area contributed by atoms with Crippen LogP contribution in [0, 0.1) is 12.7 Å². The minimum atomic E-state index is -0.232. The lowest BCUT2D eigenvalue weighted by atomic mass is 9.96. The molecule has 6 rings (SSSR count). The number of benzene rings is 1. The molecule has 0 saturated carbocycles. The van der Waals surface area contributed by atoms with Gasteiger partial charge in [0.05, 0.1) is 43.4 Å². The number of nitrogens with zero attached hydrogens (tertiary/aromatic N) is 6. The molecule has 0 aliphatic carbocycles. The van der Waals surface area contributed by atoms with Crippen molar-refractivity contribution in [1.29, 1.82) is 0 Å². The van der Waals surface area contributed by atoms with E-state index >= 15 is 4.39 Å².